The van der Waals surface area contributed by atoms with Crippen molar-refractivity contribution in [2.45, 2.75) is 6.92 Å². The third kappa shape index (κ3) is 6.29. The molecule has 0 spiro atoms. The van der Waals surface area contributed by atoms with E-state index in [4.69, 9.17) is 5.53 Å². The van der Waals surface area contributed by atoms with Crippen LogP contribution in [-0.4, -0.2) is 13.6 Å². The number of nitrogens with zero attached hydrogens (tertiary/aromatic N) is 1. The van der Waals surface area contributed by atoms with Crippen LogP contribution in [-0.2, 0) is 0 Å². The summed E-state index contributed by atoms with van der Waals surface area (Å²) in [5.41, 5.74) is 6.40. The van der Waals surface area contributed by atoms with Gasteiger partial charge in [0.05, 0.1) is 13.6 Å². The molecule has 0 saturated carbocycles. The fourth-order valence-electron chi connectivity index (χ4n) is 0.0791. The van der Waals surface area contributed by atoms with Crippen LogP contribution < -0.4 is 29.0 Å². The standard InChI is InChI=1S/C3H9N3.HI/c1-3-6(2)5-4;/h4H,3H2,1-2H3;1H. The van der Waals surface area contributed by atoms with Crippen LogP contribution in [0, 0.1) is 5.53 Å². The maximum absolute atomic E-state index is 6.40. The average molecular weight is 215 g/mol. The molecule has 0 fully saturated rings. The van der Waals surface area contributed by atoms with E-state index in [1.54, 1.807) is 0 Å². The lowest BCUT2D eigenvalue weighted by molar-refractivity contribution is -0.892. The molecule has 0 bridgehead atoms. The zero-order chi connectivity index (χ0) is 4.99. The summed E-state index contributed by atoms with van der Waals surface area (Å²) >= 11 is 0. The van der Waals surface area contributed by atoms with Gasteiger partial charge < -0.3 is 24.0 Å². The molecule has 0 rings (SSSR count). The Balaban J connectivity index is 0. The summed E-state index contributed by atoms with van der Waals surface area (Å²) in [6, 6.07) is 0. The summed E-state index contributed by atoms with van der Waals surface area (Å²) in [6.07, 6.45) is 0. The number of halogens is 1. The molecule has 0 heterocycles. The zero-order valence-corrected chi connectivity index (χ0v) is 6.69. The topological polar surface area (TPSA) is 40.7 Å². The SMILES string of the molecule is CC[NH+](C)N=N.[I-]. The van der Waals surface area contributed by atoms with Gasteiger partial charge in [-0.15, -0.1) is 0 Å². The van der Waals surface area contributed by atoms with Gasteiger partial charge in [0.1, 0.15) is 0 Å². The van der Waals surface area contributed by atoms with Crippen LogP contribution >= 0.6 is 0 Å². The Kier molecular flexibility index (Phi) is 9.26. The van der Waals surface area contributed by atoms with E-state index in [1.165, 1.54) is 0 Å². The summed E-state index contributed by atoms with van der Waals surface area (Å²) in [6.45, 7) is 2.87. The minimum Gasteiger partial charge on any atom is -1.00 e. The number of quaternary nitrogens is 1. The number of rotatable bonds is 2. The van der Waals surface area contributed by atoms with Crippen molar-refractivity contribution in [2.75, 3.05) is 13.6 Å². The van der Waals surface area contributed by atoms with Crippen molar-refractivity contribution in [3.05, 3.63) is 0 Å². The third-order valence-corrected chi connectivity index (χ3v) is 0.703. The smallest absolute Gasteiger partial charge is 0.0999 e. The molecule has 0 aromatic rings. The van der Waals surface area contributed by atoms with Gasteiger partial charge in [0.15, 0.2) is 0 Å². The van der Waals surface area contributed by atoms with E-state index in [9.17, 15) is 0 Å². The van der Waals surface area contributed by atoms with Crippen molar-refractivity contribution in [3.63, 3.8) is 0 Å². The first-order valence-electron chi connectivity index (χ1n) is 2.01. The van der Waals surface area contributed by atoms with Gasteiger partial charge in [0, 0.05) is 5.22 Å². The van der Waals surface area contributed by atoms with E-state index in [2.05, 4.69) is 5.22 Å². The van der Waals surface area contributed by atoms with Crippen LogP contribution in [0.25, 0.3) is 0 Å². The van der Waals surface area contributed by atoms with Crippen molar-refractivity contribution < 1.29 is 29.0 Å². The van der Waals surface area contributed by atoms with Gasteiger partial charge in [-0.1, -0.05) is 0 Å². The predicted octanol–water partition coefficient (Wildman–Crippen LogP) is -3.53. The Morgan fingerprint density at radius 1 is 1.71 bits per heavy atom. The number of hydrogen-bond donors (Lipinski definition) is 2. The Hall–Kier alpha value is 0.290. The largest absolute Gasteiger partial charge is 1.00 e. The second-order valence-electron chi connectivity index (χ2n) is 1.20. The zero-order valence-electron chi connectivity index (χ0n) is 4.53. The summed E-state index contributed by atoms with van der Waals surface area (Å²) in [5, 5.41) is 4.06. The van der Waals surface area contributed by atoms with Gasteiger partial charge in [-0.3, -0.25) is 0 Å². The van der Waals surface area contributed by atoms with Crippen molar-refractivity contribution in [1.82, 2.24) is 0 Å². The van der Waals surface area contributed by atoms with Crippen LogP contribution in [0.15, 0.2) is 5.22 Å². The normalized spacial score (nSPS) is 11.7. The maximum atomic E-state index is 6.40. The highest BCUT2D eigenvalue weighted by Gasteiger charge is 1.85. The van der Waals surface area contributed by atoms with Gasteiger partial charge in [0.25, 0.3) is 0 Å². The molecule has 0 aliphatic heterocycles. The Morgan fingerprint density at radius 3 is 2.14 bits per heavy atom. The first-order valence-corrected chi connectivity index (χ1v) is 2.01. The molecule has 0 radical (unpaired) electrons. The molecule has 2 N–H and O–H groups in total. The quantitative estimate of drug-likeness (QED) is 0.272. The molecule has 0 amide bonds. The van der Waals surface area contributed by atoms with Crippen LogP contribution in [0.4, 0.5) is 0 Å². The van der Waals surface area contributed by atoms with Crippen molar-refractivity contribution in [1.29, 1.82) is 5.53 Å². The highest BCUT2D eigenvalue weighted by Crippen LogP contribution is 1.36. The molecule has 4 heteroatoms. The van der Waals surface area contributed by atoms with E-state index >= 15 is 0 Å². The fraction of sp³-hybridized carbons (Fsp3) is 1.00. The maximum Gasteiger partial charge on any atom is 0.0999 e. The van der Waals surface area contributed by atoms with Crippen molar-refractivity contribution in [3.8, 4) is 0 Å². The second kappa shape index (κ2) is 6.29. The number of nitrogens with one attached hydrogen (secondary N) is 2. The fourth-order valence-corrected chi connectivity index (χ4v) is 0.0791. The lowest BCUT2D eigenvalue weighted by Crippen LogP contribution is -3.03. The molecule has 3 nitrogen and oxygen atoms in total. The lowest BCUT2D eigenvalue weighted by Gasteiger charge is -1.94. The molecule has 0 aliphatic carbocycles. The van der Waals surface area contributed by atoms with Crippen LogP contribution in [0.2, 0.25) is 0 Å². The predicted molar refractivity (Wildman–Crippen MR) is 22.6 cm³/mol. The van der Waals surface area contributed by atoms with Crippen LogP contribution in [0.1, 0.15) is 6.92 Å². The minimum atomic E-state index is 0. The first kappa shape index (κ1) is 10.3. The van der Waals surface area contributed by atoms with E-state index < -0.39 is 0 Å². The summed E-state index contributed by atoms with van der Waals surface area (Å²) in [7, 11) is 1.84. The summed E-state index contributed by atoms with van der Waals surface area (Å²) < 4.78 is 0. The molecule has 0 aromatic heterocycles. The lowest BCUT2D eigenvalue weighted by atomic mass is 10.8. The van der Waals surface area contributed by atoms with E-state index in [1.807, 2.05) is 14.0 Å². The molecule has 44 valence electrons. The van der Waals surface area contributed by atoms with Gasteiger partial charge in [0.2, 0.25) is 0 Å². The highest BCUT2D eigenvalue weighted by molar-refractivity contribution is 3.91. The van der Waals surface area contributed by atoms with E-state index in [0.29, 0.717) is 0 Å². The van der Waals surface area contributed by atoms with Gasteiger partial charge in [-0.05, 0) is 6.92 Å². The second-order valence-corrected chi connectivity index (χ2v) is 1.20. The van der Waals surface area contributed by atoms with Gasteiger partial charge >= 0.3 is 0 Å². The molecule has 7 heavy (non-hydrogen) atoms. The highest BCUT2D eigenvalue weighted by atomic mass is 127. The average Bonchev–Trinajstić information content (AvgIpc) is 1.65. The molecular formula is C3H10IN3. The molecular weight excluding hydrogens is 205 g/mol. The molecule has 1 unspecified atom stereocenters. The van der Waals surface area contributed by atoms with Gasteiger partial charge in [-0.25, -0.2) is 0 Å². The van der Waals surface area contributed by atoms with Gasteiger partial charge in [-0.2, -0.15) is 10.5 Å². The summed E-state index contributed by atoms with van der Waals surface area (Å²) in [5.74, 6) is 0. The monoisotopic (exact) mass is 215 g/mol. The van der Waals surface area contributed by atoms with E-state index in [-0.39, 0.29) is 24.0 Å². The van der Waals surface area contributed by atoms with Crippen molar-refractivity contribution in [2.24, 2.45) is 5.22 Å². The Labute approximate surface area is 60.6 Å². The molecule has 0 saturated heterocycles. The van der Waals surface area contributed by atoms with E-state index in [0.717, 1.165) is 11.6 Å². The molecule has 0 aromatic carbocycles. The van der Waals surface area contributed by atoms with Crippen molar-refractivity contribution >= 4 is 0 Å². The molecule has 1 atom stereocenters. The Bertz CT molecular complexity index is 47.4. The number of hydrogen-bond acceptors (Lipinski definition) is 2. The van der Waals surface area contributed by atoms with Crippen LogP contribution in [0.5, 0.6) is 0 Å². The van der Waals surface area contributed by atoms with Crippen LogP contribution in [0.3, 0.4) is 0 Å². The third-order valence-electron chi connectivity index (χ3n) is 0.703. The molecule has 0 aliphatic rings. The first-order chi connectivity index (χ1) is 2.81. The minimum absolute atomic E-state index is 0. The summed E-state index contributed by atoms with van der Waals surface area (Å²) in [4.78, 5) is 0. The Morgan fingerprint density at radius 2 is 2.14 bits per heavy atom.